The first-order chi connectivity index (χ1) is 10.7. The van der Waals surface area contributed by atoms with Gasteiger partial charge in [0, 0.05) is 22.1 Å². The second kappa shape index (κ2) is 6.71. The lowest BCUT2D eigenvalue weighted by atomic mass is 10.1. The molecule has 1 aromatic heterocycles. The summed E-state index contributed by atoms with van der Waals surface area (Å²) in [5, 5.41) is 0. The van der Waals surface area contributed by atoms with Crippen LogP contribution in [0.2, 0.25) is 0 Å². The van der Waals surface area contributed by atoms with E-state index in [0.717, 1.165) is 16.8 Å². The Morgan fingerprint density at radius 1 is 1.00 bits per heavy atom. The first kappa shape index (κ1) is 14.7. The first-order valence-electron chi connectivity index (χ1n) is 7.11. The molecule has 0 N–H and O–H groups in total. The van der Waals surface area contributed by atoms with E-state index in [-0.39, 0.29) is 0 Å². The zero-order valence-electron chi connectivity index (χ0n) is 12.4. The van der Waals surface area contributed by atoms with Crippen LogP contribution in [0.25, 0.3) is 11.5 Å². The highest BCUT2D eigenvalue weighted by Gasteiger charge is 2.10. The molecule has 2 aromatic carbocycles. The Labute approximate surface area is 132 Å². The molecule has 0 unspecified atom stereocenters. The van der Waals surface area contributed by atoms with Gasteiger partial charge in [-0.2, -0.15) is 0 Å². The van der Waals surface area contributed by atoms with Gasteiger partial charge in [0.15, 0.2) is 0 Å². The molecule has 22 heavy (non-hydrogen) atoms. The van der Waals surface area contributed by atoms with Crippen molar-refractivity contribution in [2.75, 3.05) is 0 Å². The molecule has 0 aliphatic carbocycles. The Balaban J connectivity index is 1.66. The van der Waals surface area contributed by atoms with Crippen LogP contribution in [0, 0.1) is 6.92 Å². The van der Waals surface area contributed by atoms with Gasteiger partial charge in [-0.05, 0) is 24.6 Å². The van der Waals surface area contributed by atoms with Gasteiger partial charge in [-0.1, -0.05) is 48.0 Å². The molecular weight excluding hydrogens is 294 g/mol. The summed E-state index contributed by atoms with van der Waals surface area (Å²) in [6, 6.07) is 17.8. The topological polar surface area (TPSA) is 43.1 Å². The fourth-order valence-corrected chi connectivity index (χ4v) is 3.31. The number of benzene rings is 2. The molecule has 0 saturated carbocycles. The van der Waals surface area contributed by atoms with Gasteiger partial charge in [0.25, 0.3) is 0 Å². The highest BCUT2D eigenvalue weighted by atomic mass is 32.2. The molecule has 0 fully saturated rings. The van der Waals surface area contributed by atoms with Gasteiger partial charge in [-0.25, -0.2) is 4.98 Å². The van der Waals surface area contributed by atoms with E-state index in [2.05, 4.69) is 4.98 Å². The van der Waals surface area contributed by atoms with Crippen LogP contribution in [0.1, 0.15) is 16.8 Å². The molecule has 112 valence electrons. The summed E-state index contributed by atoms with van der Waals surface area (Å²) in [4.78, 5) is 4.43. The Morgan fingerprint density at radius 2 is 1.73 bits per heavy atom. The summed E-state index contributed by atoms with van der Waals surface area (Å²) < 4.78 is 17.7. The first-order valence-corrected chi connectivity index (χ1v) is 8.60. The lowest BCUT2D eigenvalue weighted by molar-refractivity contribution is 0.573. The Kier molecular flexibility index (Phi) is 4.49. The average molecular weight is 311 g/mol. The second-order valence-corrected chi connectivity index (χ2v) is 6.68. The second-order valence-electron chi connectivity index (χ2n) is 5.22. The van der Waals surface area contributed by atoms with Gasteiger partial charge in [0.05, 0.1) is 11.4 Å². The SMILES string of the molecule is Cc1ccc(-c2nc(C[S@](=O)Cc3ccccc3)co2)cc1. The van der Waals surface area contributed by atoms with Crippen LogP contribution in [0.15, 0.2) is 65.3 Å². The lowest BCUT2D eigenvalue weighted by Gasteiger charge is -2.00. The number of hydrogen-bond donors (Lipinski definition) is 0. The molecule has 0 spiro atoms. The van der Waals surface area contributed by atoms with Gasteiger partial charge in [0.2, 0.25) is 5.89 Å². The van der Waals surface area contributed by atoms with Crippen LogP contribution >= 0.6 is 0 Å². The third-order valence-electron chi connectivity index (χ3n) is 3.33. The minimum atomic E-state index is -0.991. The normalized spacial score (nSPS) is 12.2. The van der Waals surface area contributed by atoms with E-state index < -0.39 is 10.8 Å². The van der Waals surface area contributed by atoms with E-state index in [1.54, 1.807) is 6.26 Å². The number of oxazole rings is 1. The van der Waals surface area contributed by atoms with Crippen LogP contribution in [0.3, 0.4) is 0 Å². The Morgan fingerprint density at radius 3 is 2.45 bits per heavy atom. The monoisotopic (exact) mass is 311 g/mol. The zero-order valence-corrected chi connectivity index (χ0v) is 13.2. The molecule has 3 rings (SSSR count). The van der Waals surface area contributed by atoms with Crippen LogP contribution < -0.4 is 0 Å². The van der Waals surface area contributed by atoms with E-state index in [9.17, 15) is 4.21 Å². The van der Waals surface area contributed by atoms with Crippen molar-refractivity contribution in [3.8, 4) is 11.5 Å². The maximum Gasteiger partial charge on any atom is 0.226 e. The molecule has 3 nitrogen and oxygen atoms in total. The van der Waals surface area contributed by atoms with Gasteiger partial charge in [0.1, 0.15) is 6.26 Å². The minimum Gasteiger partial charge on any atom is -0.444 e. The Hall–Kier alpha value is -2.20. The molecule has 0 saturated heterocycles. The Bertz CT molecular complexity index is 763. The van der Waals surface area contributed by atoms with Crippen molar-refractivity contribution < 1.29 is 8.63 Å². The quantitative estimate of drug-likeness (QED) is 0.712. The highest BCUT2D eigenvalue weighted by Crippen LogP contribution is 2.20. The largest absolute Gasteiger partial charge is 0.444 e. The molecule has 1 atom stereocenters. The fraction of sp³-hybridized carbons (Fsp3) is 0.167. The van der Waals surface area contributed by atoms with Gasteiger partial charge < -0.3 is 4.42 Å². The number of nitrogens with zero attached hydrogens (tertiary/aromatic N) is 1. The number of aryl methyl sites for hydroxylation is 1. The smallest absolute Gasteiger partial charge is 0.226 e. The number of aromatic nitrogens is 1. The van der Waals surface area contributed by atoms with E-state index in [4.69, 9.17) is 4.42 Å². The van der Waals surface area contributed by atoms with Crippen molar-refractivity contribution in [1.29, 1.82) is 0 Å². The van der Waals surface area contributed by atoms with Gasteiger partial charge in [-0.15, -0.1) is 0 Å². The summed E-state index contributed by atoms with van der Waals surface area (Å²) in [5.41, 5.74) is 3.93. The van der Waals surface area contributed by atoms with Crippen LogP contribution in [-0.2, 0) is 22.3 Å². The van der Waals surface area contributed by atoms with Crippen molar-refractivity contribution in [2.45, 2.75) is 18.4 Å². The third kappa shape index (κ3) is 3.71. The lowest BCUT2D eigenvalue weighted by Crippen LogP contribution is -1.99. The van der Waals surface area contributed by atoms with E-state index in [1.165, 1.54) is 5.56 Å². The van der Waals surface area contributed by atoms with E-state index in [1.807, 2.05) is 61.5 Å². The van der Waals surface area contributed by atoms with Crippen molar-refractivity contribution in [3.63, 3.8) is 0 Å². The van der Waals surface area contributed by atoms with Crippen LogP contribution in [-0.4, -0.2) is 9.19 Å². The molecule has 1 heterocycles. The van der Waals surface area contributed by atoms with E-state index >= 15 is 0 Å². The predicted molar refractivity (Wildman–Crippen MR) is 88.7 cm³/mol. The van der Waals surface area contributed by atoms with Gasteiger partial charge in [-0.3, -0.25) is 4.21 Å². The summed E-state index contributed by atoms with van der Waals surface area (Å²) >= 11 is 0. The maximum absolute atomic E-state index is 12.2. The molecule has 0 aliphatic heterocycles. The summed E-state index contributed by atoms with van der Waals surface area (Å²) in [6.45, 7) is 2.04. The fourth-order valence-electron chi connectivity index (χ4n) is 2.18. The van der Waals surface area contributed by atoms with Gasteiger partial charge >= 0.3 is 0 Å². The van der Waals surface area contributed by atoms with Crippen molar-refractivity contribution in [3.05, 3.63) is 77.7 Å². The van der Waals surface area contributed by atoms with E-state index in [0.29, 0.717) is 17.4 Å². The molecule has 0 radical (unpaired) electrons. The number of rotatable bonds is 5. The highest BCUT2D eigenvalue weighted by molar-refractivity contribution is 7.83. The molecule has 0 aliphatic rings. The van der Waals surface area contributed by atoms with Crippen molar-refractivity contribution >= 4 is 10.8 Å². The predicted octanol–water partition coefficient (Wildman–Crippen LogP) is 4.10. The average Bonchev–Trinajstić information content (AvgIpc) is 2.97. The van der Waals surface area contributed by atoms with Crippen molar-refractivity contribution in [1.82, 2.24) is 4.98 Å². The minimum absolute atomic E-state index is 0.407. The summed E-state index contributed by atoms with van der Waals surface area (Å²) in [7, 11) is -0.991. The van der Waals surface area contributed by atoms with Crippen molar-refractivity contribution in [2.24, 2.45) is 0 Å². The summed E-state index contributed by atoms with van der Waals surface area (Å²) in [5.74, 6) is 1.52. The molecule has 3 aromatic rings. The zero-order chi connectivity index (χ0) is 15.4. The number of hydrogen-bond acceptors (Lipinski definition) is 3. The molecule has 4 heteroatoms. The standard InChI is InChI=1S/C18H17NO2S/c1-14-7-9-16(10-8-14)18-19-17(11-21-18)13-22(20)12-15-5-3-2-4-6-15/h2-11H,12-13H2,1H3/t22-/m1/s1. The molecule has 0 amide bonds. The third-order valence-corrected chi connectivity index (χ3v) is 4.60. The van der Waals surface area contributed by atoms with Crippen LogP contribution in [0.4, 0.5) is 0 Å². The molecular formula is C18H17NO2S. The van der Waals surface area contributed by atoms with Crippen LogP contribution in [0.5, 0.6) is 0 Å². The summed E-state index contributed by atoms with van der Waals surface area (Å²) in [6.07, 6.45) is 1.60. The molecule has 0 bridgehead atoms. The maximum atomic E-state index is 12.2.